The van der Waals surface area contributed by atoms with E-state index in [4.69, 9.17) is 15.2 Å². The fraction of sp³-hybridized carbons (Fsp3) is 0.455. The molecule has 2 N–H and O–H groups in total. The largest absolute Gasteiger partial charge is 0.493 e. The van der Waals surface area contributed by atoms with Gasteiger partial charge in [-0.25, -0.2) is 0 Å². The van der Waals surface area contributed by atoms with E-state index in [0.29, 0.717) is 0 Å². The van der Waals surface area contributed by atoms with Crippen LogP contribution in [-0.4, -0.2) is 20.8 Å². The van der Waals surface area contributed by atoms with Gasteiger partial charge in [0.05, 0.1) is 19.8 Å². The van der Waals surface area contributed by atoms with E-state index in [1.165, 1.54) is 20.3 Å². The van der Waals surface area contributed by atoms with E-state index in [2.05, 4.69) is 0 Å². The molecular formula is C11H14F3NO2. The Morgan fingerprint density at radius 3 is 2.06 bits per heavy atom. The fourth-order valence-corrected chi connectivity index (χ4v) is 1.55. The minimum Gasteiger partial charge on any atom is -0.493 e. The van der Waals surface area contributed by atoms with Gasteiger partial charge >= 0.3 is 6.18 Å². The number of nitrogens with two attached hydrogens (primary N) is 1. The molecule has 6 heteroatoms. The summed E-state index contributed by atoms with van der Waals surface area (Å²) in [7, 11) is 2.66. The molecule has 1 rings (SSSR count). The number of ether oxygens (including phenoxy) is 2. The first kappa shape index (κ1) is 13.6. The van der Waals surface area contributed by atoms with Gasteiger partial charge in [-0.1, -0.05) is 0 Å². The maximum atomic E-state index is 12.8. The van der Waals surface area contributed by atoms with Crippen LogP contribution in [0.2, 0.25) is 0 Å². The summed E-state index contributed by atoms with van der Waals surface area (Å²) < 4.78 is 48.2. The van der Waals surface area contributed by atoms with Crippen molar-refractivity contribution in [1.82, 2.24) is 0 Å². The highest BCUT2D eigenvalue weighted by Crippen LogP contribution is 2.39. The normalized spacial score (nSPS) is 11.4. The van der Waals surface area contributed by atoms with Crippen molar-refractivity contribution < 1.29 is 22.6 Å². The number of benzene rings is 1. The summed E-state index contributed by atoms with van der Waals surface area (Å²) in [6.45, 7) is 0.137. The lowest BCUT2D eigenvalue weighted by Gasteiger charge is -2.16. The van der Waals surface area contributed by atoms with Crippen molar-refractivity contribution in [2.45, 2.75) is 12.6 Å². The lowest BCUT2D eigenvalue weighted by atomic mass is 10.0. The van der Waals surface area contributed by atoms with E-state index < -0.39 is 11.7 Å². The molecule has 0 fully saturated rings. The van der Waals surface area contributed by atoms with Gasteiger partial charge in [0.25, 0.3) is 0 Å². The van der Waals surface area contributed by atoms with Gasteiger partial charge in [0.15, 0.2) is 11.5 Å². The van der Waals surface area contributed by atoms with Crippen LogP contribution >= 0.6 is 0 Å². The van der Waals surface area contributed by atoms with Crippen LogP contribution in [-0.2, 0) is 12.6 Å². The van der Waals surface area contributed by atoms with Crippen molar-refractivity contribution in [2.75, 3.05) is 20.8 Å². The summed E-state index contributed by atoms with van der Waals surface area (Å²) in [6, 6.07) is 2.25. The van der Waals surface area contributed by atoms with Crippen LogP contribution in [0.4, 0.5) is 13.2 Å². The van der Waals surface area contributed by atoms with Crippen LogP contribution in [0.25, 0.3) is 0 Å². The number of rotatable bonds is 4. The summed E-state index contributed by atoms with van der Waals surface area (Å²) in [5, 5.41) is 0. The van der Waals surface area contributed by atoms with Crippen LogP contribution in [0, 0.1) is 0 Å². The molecule has 0 bridgehead atoms. The molecule has 96 valence electrons. The molecule has 17 heavy (non-hydrogen) atoms. The molecule has 0 aliphatic carbocycles. The van der Waals surface area contributed by atoms with Gasteiger partial charge in [0, 0.05) is 0 Å². The second-order valence-electron chi connectivity index (χ2n) is 3.40. The molecule has 0 aliphatic heterocycles. The fourth-order valence-electron chi connectivity index (χ4n) is 1.55. The summed E-state index contributed by atoms with van der Waals surface area (Å²) >= 11 is 0. The Morgan fingerprint density at radius 2 is 1.65 bits per heavy atom. The van der Waals surface area contributed by atoms with Crippen molar-refractivity contribution in [3.63, 3.8) is 0 Å². The van der Waals surface area contributed by atoms with Crippen LogP contribution in [0.1, 0.15) is 11.1 Å². The Balaban J connectivity index is 3.35. The molecule has 1 aromatic carbocycles. The van der Waals surface area contributed by atoms with Crippen molar-refractivity contribution >= 4 is 0 Å². The summed E-state index contributed by atoms with van der Waals surface area (Å²) in [5.74, 6) is 0.324. The molecule has 0 saturated carbocycles. The monoisotopic (exact) mass is 249 g/mol. The van der Waals surface area contributed by atoms with Gasteiger partial charge < -0.3 is 15.2 Å². The molecule has 0 atom stereocenters. The van der Waals surface area contributed by atoms with Gasteiger partial charge in [-0.2, -0.15) is 13.2 Å². The highest BCUT2D eigenvalue weighted by molar-refractivity contribution is 5.48. The molecule has 0 saturated heterocycles. The molecule has 0 aliphatic rings. The molecular weight excluding hydrogens is 235 g/mol. The summed E-state index contributed by atoms with van der Waals surface area (Å²) in [5.41, 5.74) is 4.67. The molecule has 1 aromatic rings. The van der Waals surface area contributed by atoms with E-state index >= 15 is 0 Å². The second-order valence-corrected chi connectivity index (χ2v) is 3.40. The van der Waals surface area contributed by atoms with E-state index in [0.717, 1.165) is 6.07 Å². The first-order valence-corrected chi connectivity index (χ1v) is 4.96. The predicted octanol–water partition coefficient (Wildman–Crippen LogP) is 2.22. The highest BCUT2D eigenvalue weighted by Gasteiger charge is 2.34. The minimum absolute atomic E-state index is 0.0561. The maximum Gasteiger partial charge on any atom is 0.416 e. The number of hydrogen-bond acceptors (Lipinski definition) is 3. The lowest BCUT2D eigenvalue weighted by molar-refractivity contribution is -0.138. The maximum absolute atomic E-state index is 12.8. The van der Waals surface area contributed by atoms with Crippen LogP contribution in [0.3, 0.4) is 0 Å². The molecule has 0 heterocycles. The lowest BCUT2D eigenvalue weighted by Crippen LogP contribution is -2.13. The van der Waals surface area contributed by atoms with E-state index in [1.807, 2.05) is 0 Å². The van der Waals surface area contributed by atoms with Crippen LogP contribution in [0.15, 0.2) is 12.1 Å². The first-order chi connectivity index (χ1) is 7.93. The van der Waals surface area contributed by atoms with Gasteiger partial charge in [0.1, 0.15) is 0 Å². The predicted molar refractivity (Wildman–Crippen MR) is 57.3 cm³/mol. The molecule has 0 spiro atoms. The quantitative estimate of drug-likeness (QED) is 0.889. The topological polar surface area (TPSA) is 44.5 Å². The Kier molecular flexibility index (Phi) is 4.22. The van der Waals surface area contributed by atoms with Crippen molar-refractivity contribution in [3.8, 4) is 11.5 Å². The number of alkyl halides is 3. The zero-order chi connectivity index (χ0) is 13.1. The summed E-state index contributed by atoms with van der Waals surface area (Å²) in [4.78, 5) is 0. The third-order valence-electron chi connectivity index (χ3n) is 2.33. The van der Waals surface area contributed by atoms with Crippen LogP contribution in [0.5, 0.6) is 11.5 Å². The number of methoxy groups -OCH3 is 2. The van der Waals surface area contributed by atoms with Gasteiger partial charge in [-0.3, -0.25) is 0 Å². The first-order valence-electron chi connectivity index (χ1n) is 4.96. The zero-order valence-electron chi connectivity index (χ0n) is 9.60. The average molecular weight is 249 g/mol. The van der Waals surface area contributed by atoms with E-state index in [-0.39, 0.29) is 30.0 Å². The number of hydrogen-bond donors (Lipinski definition) is 1. The Hall–Kier alpha value is -1.43. The highest BCUT2D eigenvalue weighted by atomic mass is 19.4. The van der Waals surface area contributed by atoms with Gasteiger partial charge in [0.2, 0.25) is 0 Å². The average Bonchev–Trinajstić information content (AvgIpc) is 2.27. The molecule has 0 aromatic heterocycles. The minimum atomic E-state index is -4.43. The third-order valence-corrected chi connectivity index (χ3v) is 2.33. The molecule has 0 radical (unpaired) electrons. The second kappa shape index (κ2) is 5.27. The number of halogens is 3. The van der Waals surface area contributed by atoms with Crippen molar-refractivity contribution in [3.05, 3.63) is 23.3 Å². The zero-order valence-corrected chi connectivity index (χ0v) is 9.60. The SMILES string of the molecule is COc1cc(CCN)c(C(F)(F)F)cc1OC. The van der Waals surface area contributed by atoms with Crippen LogP contribution < -0.4 is 15.2 Å². The van der Waals surface area contributed by atoms with Gasteiger partial charge in [-0.15, -0.1) is 0 Å². The van der Waals surface area contributed by atoms with Crippen molar-refractivity contribution in [1.29, 1.82) is 0 Å². The smallest absolute Gasteiger partial charge is 0.416 e. The Bertz CT molecular complexity index is 391. The van der Waals surface area contributed by atoms with Crippen molar-refractivity contribution in [2.24, 2.45) is 5.73 Å². The molecule has 0 amide bonds. The Labute approximate surface area is 97.3 Å². The van der Waals surface area contributed by atoms with E-state index in [1.54, 1.807) is 0 Å². The molecule has 0 unspecified atom stereocenters. The third kappa shape index (κ3) is 3.03. The standard InChI is InChI=1S/C11H14F3NO2/c1-16-9-5-7(3-4-15)8(11(12,13)14)6-10(9)17-2/h5-6H,3-4,15H2,1-2H3. The van der Waals surface area contributed by atoms with E-state index in [9.17, 15) is 13.2 Å². The Morgan fingerprint density at radius 1 is 1.12 bits per heavy atom. The summed E-state index contributed by atoms with van der Waals surface area (Å²) in [6.07, 6.45) is -4.29. The molecule has 3 nitrogen and oxygen atoms in total. The van der Waals surface area contributed by atoms with Gasteiger partial charge in [-0.05, 0) is 30.7 Å².